The van der Waals surface area contributed by atoms with Crippen LogP contribution in [0.15, 0.2) is 58.8 Å². The van der Waals surface area contributed by atoms with Gasteiger partial charge in [-0.15, -0.1) is 20.4 Å². The van der Waals surface area contributed by atoms with Crippen LogP contribution >= 0.6 is 23.5 Å². The molecule has 38 heavy (non-hydrogen) atoms. The van der Waals surface area contributed by atoms with Gasteiger partial charge in [-0.25, -0.2) is 0 Å². The smallest absolute Gasteiger partial charge is 0.191 e. The van der Waals surface area contributed by atoms with Crippen LogP contribution < -0.4 is 18.9 Å². The number of hydrogen-bond acceptors (Lipinski definition) is 10. The van der Waals surface area contributed by atoms with Crippen molar-refractivity contribution in [2.45, 2.75) is 50.5 Å². The Morgan fingerprint density at radius 3 is 1.45 bits per heavy atom. The molecule has 0 atom stereocenters. The summed E-state index contributed by atoms with van der Waals surface area (Å²) >= 11 is 3.34. The van der Waals surface area contributed by atoms with Crippen molar-refractivity contribution < 1.29 is 18.9 Å². The molecule has 10 nitrogen and oxygen atoms in total. The van der Waals surface area contributed by atoms with Gasteiger partial charge in [0.2, 0.25) is 0 Å². The molecular formula is C26H32N6O4S2. The van der Waals surface area contributed by atoms with Crippen molar-refractivity contribution in [2.24, 2.45) is 0 Å². The van der Waals surface area contributed by atoms with E-state index in [2.05, 4.69) is 43.4 Å². The summed E-state index contributed by atoms with van der Waals surface area (Å²) in [5.74, 6) is 6.25. The monoisotopic (exact) mass is 556 g/mol. The Morgan fingerprint density at radius 1 is 0.632 bits per heavy atom. The van der Waals surface area contributed by atoms with Crippen LogP contribution in [0.1, 0.15) is 25.5 Å². The van der Waals surface area contributed by atoms with Gasteiger partial charge < -0.3 is 28.1 Å². The molecule has 0 N–H and O–H groups in total. The highest BCUT2D eigenvalue weighted by Crippen LogP contribution is 2.25. The van der Waals surface area contributed by atoms with E-state index in [0.29, 0.717) is 13.2 Å². The van der Waals surface area contributed by atoms with Gasteiger partial charge in [-0.1, -0.05) is 35.7 Å². The van der Waals surface area contributed by atoms with E-state index in [9.17, 15) is 0 Å². The quantitative estimate of drug-likeness (QED) is 0.147. The molecule has 0 aliphatic carbocycles. The van der Waals surface area contributed by atoms with Gasteiger partial charge in [0, 0.05) is 36.7 Å². The average molecular weight is 557 g/mol. The van der Waals surface area contributed by atoms with Gasteiger partial charge in [-0.3, -0.25) is 0 Å². The number of hydrogen-bond donors (Lipinski definition) is 0. The predicted molar refractivity (Wildman–Crippen MR) is 147 cm³/mol. The predicted octanol–water partition coefficient (Wildman–Crippen LogP) is 4.97. The molecule has 0 saturated heterocycles. The number of nitrogens with zero attached hydrogens (tertiary/aromatic N) is 6. The second-order valence-electron chi connectivity index (χ2n) is 7.92. The SMILES string of the molecule is CCn1c(COc2cccc(OC)c2)nnc1SCCSc1nnc(COc2cccc(OC)c2)n1CC. The Kier molecular flexibility index (Phi) is 10.2. The molecule has 0 fully saturated rings. The third kappa shape index (κ3) is 7.13. The maximum atomic E-state index is 5.91. The first kappa shape index (κ1) is 27.6. The first-order valence-electron chi connectivity index (χ1n) is 12.3. The molecule has 2 heterocycles. The van der Waals surface area contributed by atoms with E-state index in [1.165, 1.54) is 0 Å². The van der Waals surface area contributed by atoms with Crippen molar-refractivity contribution in [3.05, 3.63) is 60.2 Å². The summed E-state index contributed by atoms with van der Waals surface area (Å²) in [7, 11) is 3.27. The number of thioether (sulfide) groups is 2. The van der Waals surface area contributed by atoms with Gasteiger partial charge >= 0.3 is 0 Å². The minimum Gasteiger partial charge on any atom is -0.497 e. The van der Waals surface area contributed by atoms with Crippen LogP contribution in [0, 0.1) is 0 Å². The van der Waals surface area contributed by atoms with E-state index >= 15 is 0 Å². The van der Waals surface area contributed by atoms with E-state index in [-0.39, 0.29) is 0 Å². The summed E-state index contributed by atoms with van der Waals surface area (Å²) in [6.07, 6.45) is 0. The molecular weight excluding hydrogens is 524 g/mol. The second-order valence-corrected chi connectivity index (χ2v) is 10.0. The number of ether oxygens (including phenoxy) is 4. The van der Waals surface area contributed by atoms with E-state index in [0.717, 1.165) is 69.6 Å². The van der Waals surface area contributed by atoms with Gasteiger partial charge in [0.15, 0.2) is 22.0 Å². The summed E-state index contributed by atoms with van der Waals surface area (Å²) < 4.78 is 26.5. The topological polar surface area (TPSA) is 98.3 Å². The largest absolute Gasteiger partial charge is 0.497 e. The zero-order valence-electron chi connectivity index (χ0n) is 22.0. The minimum absolute atomic E-state index is 0.337. The third-order valence-corrected chi connectivity index (χ3v) is 7.78. The first-order chi connectivity index (χ1) is 18.6. The van der Waals surface area contributed by atoms with Crippen LogP contribution in [0.25, 0.3) is 0 Å². The van der Waals surface area contributed by atoms with Gasteiger partial charge in [0.25, 0.3) is 0 Å². The Labute approximate surface area is 231 Å². The normalized spacial score (nSPS) is 10.9. The summed E-state index contributed by atoms with van der Waals surface area (Å²) in [6, 6.07) is 15.1. The van der Waals surface area contributed by atoms with Gasteiger partial charge in [-0.2, -0.15) is 0 Å². The summed E-state index contributed by atoms with van der Waals surface area (Å²) in [6.45, 7) is 6.36. The van der Waals surface area contributed by atoms with Crippen molar-refractivity contribution in [2.75, 3.05) is 25.7 Å². The standard InChI is InChI=1S/C26H32N6O4S2/c1-5-31-23(17-35-21-11-7-9-19(15-21)33-3)27-29-25(31)37-13-14-38-26-30-28-24(32(26)6-2)18-36-22-12-8-10-20(16-22)34-4/h7-12,15-16H,5-6,13-14,17-18H2,1-4H3. The van der Waals surface area contributed by atoms with E-state index in [4.69, 9.17) is 18.9 Å². The lowest BCUT2D eigenvalue weighted by Gasteiger charge is -2.10. The molecule has 4 aromatic rings. The molecule has 12 heteroatoms. The van der Waals surface area contributed by atoms with Crippen LogP contribution in [0.3, 0.4) is 0 Å². The number of rotatable bonds is 15. The van der Waals surface area contributed by atoms with Crippen LogP contribution in [0.5, 0.6) is 23.0 Å². The van der Waals surface area contributed by atoms with E-state index in [1.807, 2.05) is 48.5 Å². The highest BCUT2D eigenvalue weighted by molar-refractivity contribution is 8.02. The zero-order valence-corrected chi connectivity index (χ0v) is 23.6. The molecule has 0 unspecified atom stereocenters. The van der Waals surface area contributed by atoms with Crippen LogP contribution in [0.4, 0.5) is 0 Å². The second kappa shape index (κ2) is 14.0. The molecule has 2 aromatic carbocycles. The van der Waals surface area contributed by atoms with E-state index in [1.54, 1.807) is 37.7 Å². The molecule has 2 aromatic heterocycles. The third-order valence-electron chi connectivity index (χ3n) is 5.58. The summed E-state index contributed by atoms with van der Waals surface area (Å²) in [5.41, 5.74) is 0. The highest BCUT2D eigenvalue weighted by atomic mass is 32.2. The van der Waals surface area contributed by atoms with Crippen molar-refractivity contribution in [3.63, 3.8) is 0 Å². The first-order valence-corrected chi connectivity index (χ1v) is 14.3. The molecule has 0 aliphatic rings. The summed E-state index contributed by atoms with van der Waals surface area (Å²) in [4.78, 5) is 0. The van der Waals surface area contributed by atoms with Gasteiger partial charge in [-0.05, 0) is 38.1 Å². The fourth-order valence-corrected chi connectivity index (χ4v) is 5.65. The lowest BCUT2D eigenvalue weighted by Crippen LogP contribution is -2.08. The number of methoxy groups -OCH3 is 2. The van der Waals surface area contributed by atoms with Crippen LogP contribution in [-0.2, 0) is 26.3 Å². The Morgan fingerprint density at radius 2 is 1.05 bits per heavy atom. The Balaban J connectivity index is 1.27. The highest BCUT2D eigenvalue weighted by Gasteiger charge is 2.15. The van der Waals surface area contributed by atoms with Gasteiger partial charge in [0.1, 0.15) is 36.2 Å². The fraction of sp³-hybridized carbons (Fsp3) is 0.385. The van der Waals surface area contributed by atoms with Crippen molar-refractivity contribution in [1.82, 2.24) is 29.5 Å². The van der Waals surface area contributed by atoms with Crippen LogP contribution in [-0.4, -0.2) is 55.3 Å². The van der Waals surface area contributed by atoms with Gasteiger partial charge in [0.05, 0.1) is 14.2 Å². The Hall–Kier alpha value is -3.38. The molecule has 0 amide bonds. The minimum atomic E-state index is 0.337. The number of aromatic nitrogens is 6. The maximum Gasteiger partial charge on any atom is 0.191 e. The average Bonchev–Trinajstić information content (AvgIpc) is 3.55. The maximum absolute atomic E-state index is 5.91. The molecule has 0 spiro atoms. The van der Waals surface area contributed by atoms with Crippen LogP contribution in [0.2, 0.25) is 0 Å². The molecule has 0 radical (unpaired) electrons. The molecule has 0 saturated carbocycles. The molecule has 4 rings (SSSR count). The molecule has 0 bridgehead atoms. The van der Waals surface area contributed by atoms with Crippen molar-refractivity contribution in [1.29, 1.82) is 0 Å². The Bertz CT molecular complexity index is 1210. The van der Waals surface area contributed by atoms with Crippen molar-refractivity contribution >= 4 is 23.5 Å². The molecule has 0 aliphatic heterocycles. The fourth-order valence-electron chi connectivity index (χ4n) is 3.64. The van der Waals surface area contributed by atoms with E-state index < -0.39 is 0 Å². The van der Waals surface area contributed by atoms with Crippen molar-refractivity contribution in [3.8, 4) is 23.0 Å². The number of benzene rings is 2. The lowest BCUT2D eigenvalue weighted by molar-refractivity contribution is 0.286. The zero-order chi connectivity index (χ0) is 26.7. The lowest BCUT2D eigenvalue weighted by atomic mass is 10.3. The summed E-state index contributed by atoms with van der Waals surface area (Å²) in [5, 5.41) is 19.2. The molecule has 202 valence electrons.